The van der Waals surface area contributed by atoms with E-state index in [1.165, 1.54) is 5.39 Å². The van der Waals surface area contributed by atoms with Crippen LogP contribution in [0, 0.1) is 0 Å². The van der Waals surface area contributed by atoms with Gasteiger partial charge in [-0.25, -0.2) is 0 Å². The molecule has 0 bridgehead atoms. The monoisotopic (exact) mass is 494 g/mol. The number of aromatic nitrogens is 1. The fraction of sp³-hybridized carbons (Fsp3) is 0.286. The Morgan fingerprint density at radius 1 is 1.11 bits per heavy atom. The summed E-state index contributed by atoms with van der Waals surface area (Å²) in [6.07, 6.45) is 0. The lowest BCUT2D eigenvalue weighted by Crippen LogP contribution is -2.38. The zero-order valence-corrected chi connectivity index (χ0v) is 19.0. The van der Waals surface area contributed by atoms with Gasteiger partial charge in [0.05, 0.1) is 20.8 Å². The summed E-state index contributed by atoms with van der Waals surface area (Å²) in [4.78, 5) is 9.88. The number of hydrogen-bond donors (Lipinski definition) is 2. The summed E-state index contributed by atoms with van der Waals surface area (Å²) in [7, 11) is 7.11. The third-order valence-electron chi connectivity index (χ3n) is 4.50. The fourth-order valence-electron chi connectivity index (χ4n) is 3.10. The highest BCUT2D eigenvalue weighted by Gasteiger charge is 2.11. The number of fused-ring (bicyclic) bond motifs is 1. The van der Waals surface area contributed by atoms with Gasteiger partial charge in [-0.3, -0.25) is 4.99 Å². The second-order valence-corrected chi connectivity index (χ2v) is 6.32. The van der Waals surface area contributed by atoms with Crippen LogP contribution < -0.4 is 14.8 Å². The van der Waals surface area contributed by atoms with Gasteiger partial charge in [0.1, 0.15) is 11.5 Å². The fourth-order valence-corrected chi connectivity index (χ4v) is 3.10. The first-order valence-electron chi connectivity index (χ1n) is 8.84. The Morgan fingerprint density at radius 2 is 1.89 bits per heavy atom. The van der Waals surface area contributed by atoms with E-state index in [2.05, 4.69) is 38.4 Å². The van der Waals surface area contributed by atoms with E-state index in [4.69, 9.17) is 9.47 Å². The van der Waals surface area contributed by atoms with Crippen molar-refractivity contribution in [3.05, 3.63) is 59.8 Å². The van der Waals surface area contributed by atoms with Gasteiger partial charge in [-0.1, -0.05) is 18.2 Å². The molecule has 3 rings (SSSR count). The first kappa shape index (κ1) is 21.9. The first-order chi connectivity index (χ1) is 13.1. The van der Waals surface area contributed by atoms with Crippen molar-refractivity contribution >= 4 is 40.8 Å². The Morgan fingerprint density at radius 3 is 2.57 bits per heavy atom. The number of nitrogens with one attached hydrogen (secondary N) is 2. The van der Waals surface area contributed by atoms with Crippen LogP contribution in [-0.2, 0) is 13.1 Å². The molecule has 0 saturated carbocycles. The second kappa shape index (κ2) is 10.2. The second-order valence-electron chi connectivity index (χ2n) is 6.32. The van der Waals surface area contributed by atoms with Gasteiger partial charge in [0.2, 0.25) is 0 Å². The molecule has 0 spiro atoms. The first-order valence-corrected chi connectivity index (χ1v) is 8.84. The van der Waals surface area contributed by atoms with Crippen molar-refractivity contribution in [3.8, 4) is 11.5 Å². The Bertz CT molecular complexity index is 906. The summed E-state index contributed by atoms with van der Waals surface area (Å²) < 4.78 is 10.8. The molecule has 0 amide bonds. The van der Waals surface area contributed by atoms with Crippen LogP contribution in [0.5, 0.6) is 11.5 Å². The minimum atomic E-state index is 0. The van der Waals surface area contributed by atoms with Crippen molar-refractivity contribution in [2.75, 3.05) is 28.3 Å². The Labute approximate surface area is 183 Å². The normalized spacial score (nSPS) is 11.1. The molecule has 0 aliphatic carbocycles. The molecule has 0 fully saturated rings. The smallest absolute Gasteiger partial charge is 0.194 e. The molecule has 0 unspecified atom stereocenters. The summed E-state index contributed by atoms with van der Waals surface area (Å²) in [5, 5.41) is 4.61. The number of aliphatic imine (C=N–C) groups is 1. The van der Waals surface area contributed by atoms with Crippen LogP contribution in [0.25, 0.3) is 10.9 Å². The maximum atomic E-state index is 5.49. The van der Waals surface area contributed by atoms with E-state index in [0.29, 0.717) is 13.1 Å². The number of ether oxygens (including phenoxy) is 2. The van der Waals surface area contributed by atoms with Gasteiger partial charge in [0, 0.05) is 43.5 Å². The van der Waals surface area contributed by atoms with Crippen LogP contribution in [0.15, 0.2) is 53.5 Å². The Hall–Kier alpha value is -2.42. The van der Waals surface area contributed by atoms with E-state index in [9.17, 15) is 0 Å². The number of halogens is 1. The number of aromatic amines is 1. The number of rotatable bonds is 6. The lowest BCUT2D eigenvalue weighted by Gasteiger charge is -2.23. The Kier molecular flexibility index (Phi) is 7.98. The molecular weight excluding hydrogens is 467 g/mol. The highest BCUT2D eigenvalue weighted by molar-refractivity contribution is 14.0. The van der Waals surface area contributed by atoms with Crippen LogP contribution >= 0.6 is 24.0 Å². The van der Waals surface area contributed by atoms with Crippen LogP contribution in [0.3, 0.4) is 0 Å². The summed E-state index contributed by atoms with van der Waals surface area (Å²) in [6, 6.07) is 16.3. The van der Waals surface area contributed by atoms with Crippen LogP contribution in [0.4, 0.5) is 0 Å². The predicted molar refractivity (Wildman–Crippen MR) is 125 cm³/mol. The molecule has 0 aliphatic heterocycles. The van der Waals surface area contributed by atoms with E-state index in [0.717, 1.165) is 34.2 Å². The highest BCUT2D eigenvalue weighted by atomic mass is 127. The van der Waals surface area contributed by atoms with E-state index >= 15 is 0 Å². The standard InChI is InChI=1S/C21H26N4O2.HI/c1-22-21(23-13-17-11-15-7-5-6-8-19(15)24-17)25(2)14-16-9-10-18(26-3)12-20(16)27-4;/h5-12,24H,13-14H2,1-4H3,(H,22,23);1H. The van der Waals surface area contributed by atoms with Crippen molar-refractivity contribution in [2.24, 2.45) is 4.99 Å². The molecule has 28 heavy (non-hydrogen) atoms. The van der Waals surface area contributed by atoms with Crippen molar-refractivity contribution < 1.29 is 9.47 Å². The topological polar surface area (TPSA) is 61.9 Å². The maximum absolute atomic E-state index is 5.49. The van der Waals surface area contributed by atoms with E-state index in [1.807, 2.05) is 37.4 Å². The molecular formula is C21H27IN4O2. The zero-order chi connectivity index (χ0) is 19.2. The minimum Gasteiger partial charge on any atom is -0.497 e. The van der Waals surface area contributed by atoms with Gasteiger partial charge in [0.15, 0.2) is 5.96 Å². The summed E-state index contributed by atoms with van der Waals surface area (Å²) in [5.74, 6) is 2.39. The molecule has 2 N–H and O–H groups in total. The van der Waals surface area contributed by atoms with Crippen molar-refractivity contribution in [2.45, 2.75) is 13.1 Å². The highest BCUT2D eigenvalue weighted by Crippen LogP contribution is 2.25. The lowest BCUT2D eigenvalue weighted by molar-refractivity contribution is 0.382. The lowest BCUT2D eigenvalue weighted by atomic mass is 10.2. The summed E-state index contributed by atoms with van der Waals surface area (Å²) >= 11 is 0. The van der Waals surface area contributed by atoms with Gasteiger partial charge in [-0.05, 0) is 29.7 Å². The zero-order valence-electron chi connectivity index (χ0n) is 16.7. The van der Waals surface area contributed by atoms with Crippen molar-refractivity contribution in [3.63, 3.8) is 0 Å². The quantitative estimate of drug-likeness (QED) is 0.309. The SMILES string of the molecule is CN=C(NCc1cc2ccccc2[nH]1)N(C)Cc1ccc(OC)cc1OC.I. The number of hydrogen-bond acceptors (Lipinski definition) is 3. The van der Waals surface area contributed by atoms with Gasteiger partial charge >= 0.3 is 0 Å². The molecule has 0 radical (unpaired) electrons. The summed E-state index contributed by atoms with van der Waals surface area (Å²) in [5.41, 5.74) is 3.32. The molecule has 1 aromatic heterocycles. The minimum absolute atomic E-state index is 0. The van der Waals surface area contributed by atoms with Gasteiger partial charge in [-0.2, -0.15) is 0 Å². The maximum Gasteiger partial charge on any atom is 0.194 e. The molecule has 3 aromatic rings. The molecule has 150 valence electrons. The number of H-pyrrole nitrogens is 1. The third-order valence-corrected chi connectivity index (χ3v) is 4.50. The van der Waals surface area contributed by atoms with E-state index in [-0.39, 0.29) is 24.0 Å². The molecule has 0 saturated heterocycles. The molecule has 1 heterocycles. The number of para-hydroxylation sites is 1. The van der Waals surface area contributed by atoms with E-state index in [1.54, 1.807) is 21.3 Å². The number of benzene rings is 2. The van der Waals surface area contributed by atoms with Crippen LogP contribution in [0.2, 0.25) is 0 Å². The molecule has 2 aromatic carbocycles. The number of nitrogens with zero attached hydrogens (tertiary/aromatic N) is 2. The number of guanidine groups is 1. The van der Waals surface area contributed by atoms with Crippen LogP contribution in [-0.4, -0.2) is 44.2 Å². The molecule has 0 aliphatic rings. The third kappa shape index (κ3) is 5.09. The molecule has 6 nitrogen and oxygen atoms in total. The molecule has 0 atom stereocenters. The van der Waals surface area contributed by atoms with Gasteiger partial charge < -0.3 is 24.7 Å². The average molecular weight is 494 g/mol. The van der Waals surface area contributed by atoms with Gasteiger partial charge in [0.25, 0.3) is 0 Å². The predicted octanol–water partition coefficient (Wildman–Crippen LogP) is 4.01. The van der Waals surface area contributed by atoms with E-state index < -0.39 is 0 Å². The van der Waals surface area contributed by atoms with Crippen molar-refractivity contribution in [1.29, 1.82) is 0 Å². The van der Waals surface area contributed by atoms with Crippen LogP contribution in [0.1, 0.15) is 11.3 Å². The Balaban J connectivity index is 0.00000280. The average Bonchev–Trinajstić information content (AvgIpc) is 3.11. The largest absolute Gasteiger partial charge is 0.497 e. The number of methoxy groups -OCH3 is 2. The molecule has 7 heteroatoms. The van der Waals surface area contributed by atoms with Gasteiger partial charge in [-0.15, -0.1) is 24.0 Å². The summed E-state index contributed by atoms with van der Waals surface area (Å²) in [6.45, 7) is 1.34. The van der Waals surface area contributed by atoms with Crippen molar-refractivity contribution in [1.82, 2.24) is 15.2 Å².